The van der Waals surface area contributed by atoms with Crippen LogP contribution in [0.5, 0.6) is 23.0 Å². The number of benzene rings is 5. The van der Waals surface area contributed by atoms with Gasteiger partial charge in [-0.1, -0.05) is 79.5 Å². The minimum Gasteiger partial charge on any atom is -0.457 e. The van der Waals surface area contributed by atoms with E-state index in [4.69, 9.17) is 66.3 Å². The lowest BCUT2D eigenvalue weighted by Crippen LogP contribution is -2.56. The number of nitrogens with zero attached hydrogens (tertiary/aromatic N) is 2. The summed E-state index contributed by atoms with van der Waals surface area (Å²) in [7, 11) is 1.09. The number of amides is 6. The second-order valence-electron chi connectivity index (χ2n) is 24.6. The molecule has 10 rings (SSSR count). The smallest absolute Gasteiger partial charge is 0.457 e. The summed E-state index contributed by atoms with van der Waals surface area (Å²) in [5.41, 5.74) is 3.52. The highest BCUT2D eigenvalue weighted by Gasteiger charge is 2.48. The predicted octanol–water partition coefficient (Wildman–Crippen LogP) is 16.0. The lowest BCUT2D eigenvalue weighted by Gasteiger charge is -2.38. The molecule has 0 spiro atoms. The summed E-state index contributed by atoms with van der Waals surface area (Å²) in [6.45, 7) is 15.5. The van der Waals surface area contributed by atoms with Gasteiger partial charge in [0.2, 0.25) is 0 Å². The topological polar surface area (TPSA) is 266 Å². The normalized spacial score (nSPS) is 15.2. The van der Waals surface area contributed by atoms with Crippen molar-refractivity contribution in [1.29, 1.82) is 0 Å². The number of hydrogen-bond acceptors (Lipinski definition) is 15. The number of carbonyl (C=O) groups is 4. The highest BCUT2D eigenvalue weighted by molar-refractivity contribution is 9.10. The first-order valence-corrected chi connectivity index (χ1v) is 33.0. The zero-order valence-corrected chi connectivity index (χ0v) is 60.4. The third-order valence-corrected chi connectivity index (χ3v) is 15.2. The quantitative estimate of drug-likeness (QED) is 0.0259. The van der Waals surface area contributed by atoms with Gasteiger partial charge in [0, 0.05) is 132 Å². The summed E-state index contributed by atoms with van der Waals surface area (Å²) in [4.78, 5) is 55.9. The number of urea groups is 2. The summed E-state index contributed by atoms with van der Waals surface area (Å²) in [6.07, 6.45) is -10.7. The van der Waals surface area contributed by atoms with Gasteiger partial charge in [-0.2, -0.15) is 39.5 Å². The number of anilines is 5. The fraction of sp³-hybridized carbons (Fsp3) is 0.323. The molecule has 0 radical (unpaired) electrons. The van der Waals surface area contributed by atoms with Crippen LogP contribution in [0.2, 0.25) is 0 Å². The van der Waals surface area contributed by atoms with Crippen molar-refractivity contribution in [2.45, 2.75) is 60.1 Å². The van der Waals surface area contributed by atoms with Crippen LogP contribution in [0, 0.1) is 16.2 Å². The highest BCUT2D eigenvalue weighted by Crippen LogP contribution is 2.39. The van der Waals surface area contributed by atoms with E-state index in [0.29, 0.717) is 60.8 Å². The minimum absolute atomic E-state index is 0.00389. The fourth-order valence-electron chi connectivity index (χ4n) is 8.79. The molecule has 102 heavy (non-hydrogen) atoms. The lowest BCUT2D eigenvalue weighted by atomic mass is 9.47. The molecule has 37 heteroatoms. The Kier molecular flexibility index (Phi) is 30.2. The van der Waals surface area contributed by atoms with Crippen molar-refractivity contribution < 1.29 is 96.1 Å². The Morgan fingerprint density at radius 2 is 0.794 bits per heavy atom. The molecule has 3 aliphatic heterocycles. The van der Waals surface area contributed by atoms with Crippen molar-refractivity contribution in [3.63, 3.8) is 0 Å². The van der Waals surface area contributed by atoms with Crippen LogP contribution in [0.25, 0.3) is 0 Å². The monoisotopic (exact) mass is 1600 g/mol. The third-order valence-electron chi connectivity index (χ3n) is 13.8. The Morgan fingerprint density at radius 3 is 1.16 bits per heavy atom. The standard InChI is InChI=1S/C26H26BF3N4O5.C21H16BrF3N4O3.C10H20B2O4.C7H5BrF3N.CH2Cl2/c1-25(2)14-37-27(38-15-25)21-9-6-17(12-20(21)26(28,29)30)34-24(36)33-16-4-7-18(8-5-16)39-19-10-11-32-22(13-19)23(35)31-3;1-26-19(30)18-11-15(8-9-27-18)32-14-5-2-12(3-6-14)28-20(31)29-13-4-7-17(22)16(10-13)21(23,24)25;1-9(2)5-13-11(14-6-9)12-15-7-10(3,4)8-16-12;8-6-2-1-4(12)3-5(6)7(9,10)11;2-1-3/h4-13H,14-15H2,1-3H3,(H,31,35)(H2,33,34,36);2-11H,1H3,(H,26,30)(H2,28,29,31);5-8H2,1-4H3;1-3H,12H2;1H2. The van der Waals surface area contributed by atoms with Crippen molar-refractivity contribution in [2.24, 2.45) is 16.2 Å². The fourth-order valence-corrected chi connectivity index (χ4v) is 9.73. The van der Waals surface area contributed by atoms with Crippen LogP contribution < -0.4 is 52.6 Å². The summed E-state index contributed by atoms with van der Waals surface area (Å²) in [6, 6.07) is 27.6. The molecule has 546 valence electrons. The number of nitrogen functional groups attached to an aromatic ring is 1. The Hall–Kier alpha value is -7.86. The SMILES string of the molecule is CC1(C)COB(B2OCC(C)(C)CO2)OC1.CNC(=O)c1cc(Oc2ccc(NC(=O)Nc3ccc(B4OCC(C)(C)CO4)c(C(F)(F)F)c3)cc2)ccn1.CNC(=O)c1cc(Oc2ccc(NC(=O)Nc3ccc(Br)c(C(F)(F)F)c3)cc2)ccn1.ClCCl.Nc1ccc(Br)c(C(F)(F)F)c1. The van der Waals surface area contributed by atoms with Gasteiger partial charge < -0.3 is 75.0 Å². The van der Waals surface area contributed by atoms with E-state index in [0.717, 1.165) is 18.2 Å². The molecule has 0 bridgehead atoms. The van der Waals surface area contributed by atoms with Crippen LogP contribution in [-0.2, 0) is 46.5 Å². The lowest BCUT2D eigenvalue weighted by molar-refractivity contribution is -0.139. The van der Waals surface area contributed by atoms with Gasteiger partial charge in [-0.3, -0.25) is 19.6 Å². The van der Waals surface area contributed by atoms with E-state index < -0.39 is 54.4 Å². The van der Waals surface area contributed by atoms with Gasteiger partial charge in [-0.15, -0.1) is 23.2 Å². The molecule has 2 aromatic heterocycles. The van der Waals surface area contributed by atoms with E-state index in [1.165, 1.54) is 75.0 Å². The van der Waals surface area contributed by atoms with Crippen LogP contribution in [0.3, 0.4) is 0 Å². The number of alkyl halides is 11. The summed E-state index contributed by atoms with van der Waals surface area (Å²) in [5, 5.41) is 15.0. The second-order valence-corrected chi connectivity index (χ2v) is 27.1. The average molecular weight is 1600 g/mol. The van der Waals surface area contributed by atoms with Gasteiger partial charge in [0.1, 0.15) is 34.4 Å². The number of aromatic nitrogens is 2. The molecule has 0 saturated carbocycles. The Morgan fingerprint density at radius 1 is 0.471 bits per heavy atom. The van der Waals surface area contributed by atoms with E-state index in [1.807, 2.05) is 13.8 Å². The van der Waals surface area contributed by atoms with E-state index >= 15 is 0 Å². The zero-order chi connectivity index (χ0) is 75.4. The van der Waals surface area contributed by atoms with Crippen LogP contribution in [-0.4, -0.2) is 114 Å². The first-order valence-electron chi connectivity index (χ1n) is 30.4. The number of nitrogens with two attached hydrogens (primary N) is 1. The maximum absolute atomic E-state index is 13.8. The van der Waals surface area contributed by atoms with Crippen LogP contribution in [0.4, 0.5) is 77.5 Å². The van der Waals surface area contributed by atoms with Crippen LogP contribution >= 0.6 is 55.1 Å². The molecule has 5 heterocycles. The maximum atomic E-state index is 13.8. The molecule has 7 aromatic rings. The molecule has 21 nitrogen and oxygen atoms in total. The summed E-state index contributed by atoms with van der Waals surface area (Å²) < 4.78 is 162. The molecule has 3 aliphatic rings. The zero-order valence-electron chi connectivity index (χ0n) is 55.7. The predicted molar refractivity (Wildman–Crippen MR) is 378 cm³/mol. The molecular weight excluding hydrogens is 1530 g/mol. The molecule has 0 atom stereocenters. The molecule has 5 aromatic carbocycles. The minimum atomic E-state index is -4.69. The van der Waals surface area contributed by atoms with Gasteiger partial charge >= 0.3 is 51.7 Å². The highest BCUT2D eigenvalue weighted by atomic mass is 79.9. The van der Waals surface area contributed by atoms with Gasteiger partial charge in [-0.05, 0) is 115 Å². The number of carbonyl (C=O) groups excluding carboxylic acids is 4. The van der Waals surface area contributed by atoms with E-state index in [9.17, 15) is 58.7 Å². The molecule has 3 fully saturated rings. The number of nitrogens with one attached hydrogen (secondary N) is 6. The molecule has 0 unspecified atom stereocenters. The van der Waals surface area contributed by atoms with Crippen molar-refractivity contribution in [3.05, 3.63) is 177 Å². The number of pyridine rings is 2. The second kappa shape index (κ2) is 37.0. The van der Waals surface area contributed by atoms with Crippen molar-refractivity contribution in [3.8, 4) is 23.0 Å². The Labute approximate surface area is 609 Å². The summed E-state index contributed by atoms with van der Waals surface area (Å²) >= 11 is 15.2. The number of hydrogen-bond donors (Lipinski definition) is 7. The molecular formula is C65H69B3Br2Cl2F9N9O12. The van der Waals surface area contributed by atoms with Gasteiger partial charge in [0.15, 0.2) is 0 Å². The van der Waals surface area contributed by atoms with E-state index in [1.54, 1.807) is 60.7 Å². The average Bonchev–Trinajstić information content (AvgIpc) is 0.795. The maximum Gasteiger partial charge on any atom is 0.494 e. The van der Waals surface area contributed by atoms with Gasteiger partial charge in [-0.25, -0.2) is 9.59 Å². The largest absolute Gasteiger partial charge is 0.494 e. The van der Waals surface area contributed by atoms with E-state index in [-0.39, 0.29) is 103 Å². The number of rotatable bonds is 12. The van der Waals surface area contributed by atoms with Crippen LogP contribution in [0.15, 0.2) is 149 Å². The first kappa shape index (κ1) is 83.1. The Balaban J connectivity index is 0.000000230. The first-order chi connectivity index (χ1) is 47.8. The number of ether oxygens (including phenoxy) is 2. The van der Waals surface area contributed by atoms with Gasteiger partial charge in [0.05, 0.1) is 22.0 Å². The molecule has 6 amide bonds. The van der Waals surface area contributed by atoms with Crippen molar-refractivity contribution in [2.75, 3.05) is 86.1 Å². The number of halogens is 13. The summed E-state index contributed by atoms with van der Waals surface area (Å²) in [5.74, 6) is 0.937. The molecule has 0 aliphatic carbocycles. The van der Waals surface area contributed by atoms with Crippen molar-refractivity contribution >= 4 is 134 Å². The van der Waals surface area contributed by atoms with Gasteiger partial charge in [0.25, 0.3) is 11.8 Å². The Bertz CT molecular complexity index is 3920. The van der Waals surface area contributed by atoms with Crippen LogP contribution in [0.1, 0.15) is 79.2 Å². The third kappa shape index (κ3) is 26.8. The molecule has 8 N–H and O–H groups in total. The van der Waals surface area contributed by atoms with Crippen molar-refractivity contribution in [1.82, 2.24) is 20.6 Å². The van der Waals surface area contributed by atoms with E-state index in [2.05, 4.69) is 101 Å². The molecule has 3 saturated heterocycles.